The van der Waals surface area contributed by atoms with Crippen LogP contribution in [0.3, 0.4) is 0 Å². The van der Waals surface area contributed by atoms with E-state index < -0.39 is 0 Å². The molecule has 0 bridgehead atoms. The van der Waals surface area contributed by atoms with Gasteiger partial charge >= 0.3 is 0 Å². The summed E-state index contributed by atoms with van der Waals surface area (Å²) in [6.45, 7) is 6.22. The summed E-state index contributed by atoms with van der Waals surface area (Å²) >= 11 is 0. The van der Waals surface area contributed by atoms with Crippen molar-refractivity contribution in [2.75, 3.05) is 5.43 Å². The zero-order chi connectivity index (χ0) is 17.8. The van der Waals surface area contributed by atoms with Crippen LogP contribution in [0.2, 0.25) is 0 Å². The summed E-state index contributed by atoms with van der Waals surface area (Å²) < 4.78 is 1.94. The molecule has 0 aliphatic heterocycles. The summed E-state index contributed by atoms with van der Waals surface area (Å²) in [5, 5.41) is 16.3. The van der Waals surface area contributed by atoms with Crippen molar-refractivity contribution < 1.29 is 0 Å². The third kappa shape index (κ3) is 3.79. The van der Waals surface area contributed by atoms with Gasteiger partial charge in [-0.25, -0.2) is 5.43 Å². The number of nitrogens with zero attached hydrogens (tertiary/aromatic N) is 5. The van der Waals surface area contributed by atoms with Crippen LogP contribution in [0.4, 0.5) is 5.95 Å². The van der Waals surface area contributed by atoms with E-state index in [1.54, 1.807) is 13.1 Å². The lowest BCUT2D eigenvalue weighted by Crippen LogP contribution is -2.15. The molecular weight excluding hydrogens is 318 g/mol. The minimum Gasteiger partial charge on any atom is -0.288 e. The number of hydrazone groups is 1. The molecule has 0 saturated heterocycles. The average molecular weight is 337 g/mol. The Morgan fingerprint density at radius 1 is 1.16 bits per heavy atom. The van der Waals surface area contributed by atoms with Crippen LogP contribution in [-0.2, 0) is 6.54 Å². The molecule has 3 rings (SSSR count). The number of aryl methyl sites for hydroxylation is 2. The summed E-state index contributed by atoms with van der Waals surface area (Å²) in [4.78, 5) is 14.0. The second-order valence-electron chi connectivity index (χ2n) is 5.69. The van der Waals surface area contributed by atoms with Crippen LogP contribution in [0, 0.1) is 20.8 Å². The van der Waals surface area contributed by atoms with Crippen LogP contribution < -0.4 is 11.0 Å². The highest BCUT2D eigenvalue weighted by atomic mass is 16.1. The van der Waals surface area contributed by atoms with Crippen LogP contribution in [-0.4, -0.2) is 31.2 Å². The van der Waals surface area contributed by atoms with Gasteiger partial charge in [-0.05, 0) is 26.3 Å². The number of benzene rings is 1. The van der Waals surface area contributed by atoms with E-state index in [9.17, 15) is 4.79 Å². The maximum absolute atomic E-state index is 11.5. The Morgan fingerprint density at radius 3 is 2.64 bits per heavy atom. The van der Waals surface area contributed by atoms with Crippen LogP contribution >= 0.6 is 0 Å². The molecule has 0 saturated carbocycles. The fourth-order valence-corrected chi connectivity index (χ4v) is 2.41. The number of H-pyrrole nitrogens is 1. The maximum Gasteiger partial charge on any atom is 0.274 e. The smallest absolute Gasteiger partial charge is 0.274 e. The first-order valence-corrected chi connectivity index (χ1v) is 7.85. The normalized spacial score (nSPS) is 11.2. The lowest BCUT2D eigenvalue weighted by molar-refractivity contribution is 0.659. The number of hydrogen-bond donors (Lipinski definition) is 2. The molecule has 2 N–H and O–H groups in total. The van der Waals surface area contributed by atoms with Crippen LogP contribution in [0.1, 0.15) is 28.2 Å². The second kappa shape index (κ2) is 7.08. The Balaban J connectivity index is 1.76. The molecule has 0 radical (unpaired) electrons. The average Bonchev–Trinajstić information content (AvgIpc) is 2.86. The fraction of sp³-hybridized carbons (Fsp3) is 0.235. The van der Waals surface area contributed by atoms with Gasteiger partial charge in [-0.2, -0.15) is 10.2 Å². The summed E-state index contributed by atoms with van der Waals surface area (Å²) in [6, 6.07) is 10.1. The SMILES string of the molecule is Cc1nn(Cc2ccccc2)c(C)c1/C=N\Nc1nnc(C)c(=O)[nH]1. The molecule has 0 amide bonds. The molecule has 3 aromatic rings. The highest BCUT2D eigenvalue weighted by Crippen LogP contribution is 2.13. The number of anilines is 1. The monoisotopic (exact) mass is 337 g/mol. The molecule has 0 atom stereocenters. The van der Waals surface area contributed by atoms with Crippen molar-refractivity contribution in [3.05, 3.63) is 68.9 Å². The van der Waals surface area contributed by atoms with Crippen LogP contribution in [0.25, 0.3) is 0 Å². The highest BCUT2D eigenvalue weighted by Gasteiger charge is 2.10. The lowest BCUT2D eigenvalue weighted by Gasteiger charge is -2.04. The second-order valence-corrected chi connectivity index (χ2v) is 5.69. The largest absolute Gasteiger partial charge is 0.288 e. The predicted octanol–water partition coefficient (Wildman–Crippen LogP) is 1.78. The quantitative estimate of drug-likeness (QED) is 0.546. The van der Waals surface area contributed by atoms with Gasteiger partial charge in [0.25, 0.3) is 5.56 Å². The summed E-state index contributed by atoms with van der Waals surface area (Å²) in [7, 11) is 0. The first kappa shape index (κ1) is 16.6. The Bertz CT molecular complexity index is 957. The summed E-state index contributed by atoms with van der Waals surface area (Å²) in [5.41, 5.74) is 6.68. The van der Waals surface area contributed by atoms with E-state index >= 15 is 0 Å². The lowest BCUT2D eigenvalue weighted by atomic mass is 10.2. The standard InChI is InChI=1S/C17H19N7O/c1-11-15(9-18-21-17-19-16(25)12(2)20-22-17)13(3)24(23-11)10-14-7-5-4-6-8-14/h4-9H,10H2,1-3H3,(H2,19,21,22,25)/b18-9-. The Kier molecular flexibility index (Phi) is 4.69. The van der Waals surface area contributed by atoms with E-state index in [1.165, 1.54) is 5.56 Å². The Morgan fingerprint density at radius 2 is 1.92 bits per heavy atom. The van der Waals surface area contributed by atoms with Crippen molar-refractivity contribution >= 4 is 12.2 Å². The van der Waals surface area contributed by atoms with E-state index in [4.69, 9.17) is 0 Å². The Hall–Kier alpha value is -3.29. The first-order valence-electron chi connectivity index (χ1n) is 7.85. The van der Waals surface area contributed by atoms with Gasteiger partial charge in [0, 0.05) is 11.3 Å². The molecular formula is C17H19N7O. The van der Waals surface area contributed by atoms with E-state index in [2.05, 4.69) is 42.9 Å². The molecule has 0 aliphatic carbocycles. The molecule has 8 nitrogen and oxygen atoms in total. The van der Waals surface area contributed by atoms with Crippen LogP contribution in [0.15, 0.2) is 40.2 Å². The molecule has 2 aromatic heterocycles. The molecule has 0 aliphatic rings. The molecule has 1 aromatic carbocycles. The van der Waals surface area contributed by atoms with Crippen molar-refractivity contribution in [1.82, 2.24) is 25.0 Å². The van der Waals surface area contributed by atoms with Crippen molar-refractivity contribution in [2.24, 2.45) is 5.10 Å². The minimum absolute atomic E-state index is 0.193. The summed E-state index contributed by atoms with van der Waals surface area (Å²) in [5.74, 6) is 0.193. The third-order valence-corrected chi connectivity index (χ3v) is 3.84. The van der Waals surface area contributed by atoms with E-state index in [0.717, 1.165) is 17.0 Å². The predicted molar refractivity (Wildman–Crippen MR) is 95.9 cm³/mol. The van der Waals surface area contributed by atoms with Gasteiger partial charge in [0.15, 0.2) is 0 Å². The fourth-order valence-electron chi connectivity index (χ4n) is 2.41. The van der Waals surface area contributed by atoms with Gasteiger partial charge in [0.2, 0.25) is 5.95 Å². The topological polar surface area (TPSA) is 101 Å². The van der Waals surface area contributed by atoms with E-state index in [1.807, 2.05) is 36.7 Å². The molecule has 0 unspecified atom stereocenters. The number of nitrogens with one attached hydrogen (secondary N) is 2. The first-order chi connectivity index (χ1) is 12.0. The summed E-state index contributed by atoms with van der Waals surface area (Å²) in [6.07, 6.45) is 1.67. The number of aromatic nitrogens is 5. The van der Waals surface area contributed by atoms with E-state index in [-0.39, 0.29) is 11.5 Å². The van der Waals surface area contributed by atoms with Crippen molar-refractivity contribution in [3.8, 4) is 0 Å². The van der Waals surface area contributed by atoms with Gasteiger partial charge in [-0.3, -0.25) is 14.5 Å². The maximum atomic E-state index is 11.5. The number of rotatable bonds is 5. The van der Waals surface area contributed by atoms with Crippen molar-refractivity contribution in [2.45, 2.75) is 27.3 Å². The Labute approximate surface area is 144 Å². The van der Waals surface area contributed by atoms with E-state index in [0.29, 0.717) is 12.2 Å². The minimum atomic E-state index is -0.296. The molecule has 128 valence electrons. The zero-order valence-corrected chi connectivity index (χ0v) is 14.3. The molecule has 2 heterocycles. The van der Waals surface area contributed by atoms with Gasteiger partial charge < -0.3 is 0 Å². The molecule has 0 fully saturated rings. The highest BCUT2D eigenvalue weighted by molar-refractivity contribution is 5.83. The van der Waals surface area contributed by atoms with Gasteiger partial charge in [-0.15, -0.1) is 10.2 Å². The molecule has 0 spiro atoms. The van der Waals surface area contributed by atoms with Gasteiger partial charge in [-0.1, -0.05) is 30.3 Å². The molecule has 25 heavy (non-hydrogen) atoms. The molecule has 8 heteroatoms. The number of hydrogen-bond acceptors (Lipinski definition) is 6. The van der Waals surface area contributed by atoms with Gasteiger partial charge in [0.05, 0.1) is 18.5 Å². The van der Waals surface area contributed by atoms with Crippen molar-refractivity contribution in [3.63, 3.8) is 0 Å². The van der Waals surface area contributed by atoms with Gasteiger partial charge in [0.1, 0.15) is 5.69 Å². The van der Waals surface area contributed by atoms with Crippen molar-refractivity contribution in [1.29, 1.82) is 0 Å². The third-order valence-electron chi connectivity index (χ3n) is 3.84. The number of aromatic amines is 1. The van der Waals surface area contributed by atoms with Crippen LogP contribution in [0.5, 0.6) is 0 Å². The zero-order valence-electron chi connectivity index (χ0n) is 14.3.